The number of H-pyrrole nitrogens is 1. The lowest BCUT2D eigenvalue weighted by atomic mass is 9.90. The minimum atomic E-state index is 0.604. The first-order valence-corrected chi connectivity index (χ1v) is 5.79. The molecule has 1 fully saturated rings. The van der Waals surface area contributed by atoms with E-state index >= 15 is 0 Å². The summed E-state index contributed by atoms with van der Waals surface area (Å²) in [6.07, 6.45) is 7.07. The molecule has 4 heteroatoms. The van der Waals surface area contributed by atoms with E-state index in [1.807, 2.05) is 6.07 Å². The molecule has 2 atom stereocenters. The molecule has 0 unspecified atom stereocenters. The summed E-state index contributed by atoms with van der Waals surface area (Å²) in [6.45, 7) is 0.892. The van der Waals surface area contributed by atoms with Crippen molar-refractivity contribution < 1.29 is 0 Å². The first kappa shape index (κ1) is 10.6. The Labute approximate surface area is 90.8 Å². The smallest absolute Gasteiger partial charge is 0.0490 e. The van der Waals surface area contributed by atoms with Crippen molar-refractivity contribution >= 4 is 0 Å². The molecule has 1 aromatic heterocycles. The van der Waals surface area contributed by atoms with Crippen LogP contribution in [0.25, 0.3) is 0 Å². The fourth-order valence-corrected chi connectivity index (χ4v) is 2.34. The van der Waals surface area contributed by atoms with Gasteiger partial charge in [-0.15, -0.1) is 0 Å². The third-order valence-electron chi connectivity index (χ3n) is 3.25. The van der Waals surface area contributed by atoms with Crippen LogP contribution in [0.2, 0.25) is 0 Å². The molecule has 3 N–H and O–H groups in total. The van der Waals surface area contributed by atoms with Crippen molar-refractivity contribution in [3.05, 3.63) is 18.0 Å². The molecule has 0 aliphatic heterocycles. The van der Waals surface area contributed by atoms with E-state index in [9.17, 15) is 0 Å². The molecule has 1 heterocycles. The number of hydrogen-bond acceptors (Lipinski definition) is 3. The summed E-state index contributed by atoms with van der Waals surface area (Å²) in [7, 11) is 2.06. The van der Waals surface area contributed by atoms with E-state index in [0.717, 1.165) is 12.2 Å². The molecule has 2 rings (SSSR count). The minimum Gasteiger partial charge on any atom is -0.315 e. The molecular formula is C11H20N4. The zero-order chi connectivity index (χ0) is 10.5. The lowest BCUT2D eigenvalue weighted by Crippen LogP contribution is -2.48. The lowest BCUT2D eigenvalue weighted by molar-refractivity contribution is 0.294. The number of likely N-dealkylation sites (N-methyl/N-ethyl adjacent to an activating group) is 1. The highest BCUT2D eigenvalue weighted by Gasteiger charge is 2.22. The zero-order valence-electron chi connectivity index (χ0n) is 9.29. The maximum absolute atomic E-state index is 3.94. The highest BCUT2D eigenvalue weighted by molar-refractivity contribution is 4.98. The van der Waals surface area contributed by atoms with Crippen molar-refractivity contribution in [2.24, 2.45) is 0 Å². The predicted molar refractivity (Wildman–Crippen MR) is 60.5 cm³/mol. The number of nitrogens with one attached hydrogen (secondary N) is 3. The van der Waals surface area contributed by atoms with Crippen molar-refractivity contribution in [3.8, 4) is 0 Å². The molecule has 0 aromatic carbocycles. The Kier molecular flexibility index (Phi) is 3.75. The number of aromatic nitrogens is 2. The van der Waals surface area contributed by atoms with E-state index < -0.39 is 0 Å². The lowest BCUT2D eigenvalue weighted by Gasteiger charge is -2.31. The van der Waals surface area contributed by atoms with Gasteiger partial charge in [0.2, 0.25) is 0 Å². The predicted octanol–water partition coefficient (Wildman–Crippen LogP) is 1.03. The Balaban J connectivity index is 1.81. The van der Waals surface area contributed by atoms with Gasteiger partial charge in [-0.25, -0.2) is 0 Å². The Morgan fingerprint density at radius 3 is 2.87 bits per heavy atom. The van der Waals surface area contributed by atoms with E-state index in [1.54, 1.807) is 6.20 Å². The first-order chi connectivity index (χ1) is 7.40. The van der Waals surface area contributed by atoms with E-state index in [-0.39, 0.29) is 0 Å². The largest absolute Gasteiger partial charge is 0.315 e. The van der Waals surface area contributed by atoms with Crippen LogP contribution >= 0.6 is 0 Å². The Morgan fingerprint density at radius 1 is 1.40 bits per heavy atom. The van der Waals surface area contributed by atoms with Crippen LogP contribution < -0.4 is 10.6 Å². The van der Waals surface area contributed by atoms with Crippen molar-refractivity contribution in [2.45, 2.75) is 44.3 Å². The van der Waals surface area contributed by atoms with Crippen LogP contribution in [0.4, 0.5) is 0 Å². The number of rotatable bonds is 4. The van der Waals surface area contributed by atoms with Gasteiger partial charge in [-0.05, 0) is 26.0 Å². The van der Waals surface area contributed by atoms with Gasteiger partial charge in [0.1, 0.15) is 0 Å². The van der Waals surface area contributed by atoms with Crippen LogP contribution in [0.5, 0.6) is 0 Å². The van der Waals surface area contributed by atoms with Crippen LogP contribution in [0, 0.1) is 0 Å². The number of hydrogen-bond donors (Lipinski definition) is 3. The third-order valence-corrected chi connectivity index (χ3v) is 3.25. The van der Waals surface area contributed by atoms with E-state index in [0.29, 0.717) is 12.1 Å². The molecule has 1 aromatic rings. The maximum atomic E-state index is 3.94. The molecule has 0 amide bonds. The minimum absolute atomic E-state index is 0.604. The SMILES string of the molecule is CN[C@@H]1CCCC[C@H]1NCc1ccn[nH]1. The van der Waals surface area contributed by atoms with Crippen molar-refractivity contribution in [3.63, 3.8) is 0 Å². The van der Waals surface area contributed by atoms with Gasteiger partial charge in [0.05, 0.1) is 0 Å². The summed E-state index contributed by atoms with van der Waals surface area (Å²) in [5, 5.41) is 13.9. The molecular weight excluding hydrogens is 188 g/mol. The van der Waals surface area contributed by atoms with Gasteiger partial charge in [0, 0.05) is 30.5 Å². The second kappa shape index (κ2) is 5.28. The first-order valence-electron chi connectivity index (χ1n) is 5.79. The Morgan fingerprint density at radius 2 is 2.20 bits per heavy atom. The monoisotopic (exact) mass is 208 g/mol. The third kappa shape index (κ3) is 2.79. The molecule has 1 aliphatic rings. The maximum Gasteiger partial charge on any atom is 0.0490 e. The molecule has 15 heavy (non-hydrogen) atoms. The normalized spacial score (nSPS) is 26.7. The van der Waals surface area contributed by atoms with E-state index in [4.69, 9.17) is 0 Å². The summed E-state index contributed by atoms with van der Waals surface area (Å²) >= 11 is 0. The van der Waals surface area contributed by atoms with Gasteiger partial charge in [-0.3, -0.25) is 5.10 Å². The van der Waals surface area contributed by atoms with Crippen LogP contribution in [-0.4, -0.2) is 29.3 Å². The van der Waals surface area contributed by atoms with Gasteiger partial charge in [0.25, 0.3) is 0 Å². The quantitative estimate of drug-likeness (QED) is 0.692. The molecule has 0 bridgehead atoms. The topological polar surface area (TPSA) is 52.7 Å². The molecule has 1 saturated carbocycles. The molecule has 84 valence electrons. The summed E-state index contributed by atoms with van der Waals surface area (Å²) < 4.78 is 0. The van der Waals surface area contributed by atoms with Crippen LogP contribution in [0.3, 0.4) is 0 Å². The summed E-state index contributed by atoms with van der Waals surface area (Å²) in [5.74, 6) is 0. The molecule has 0 spiro atoms. The second-order valence-electron chi connectivity index (χ2n) is 4.25. The van der Waals surface area contributed by atoms with Crippen molar-refractivity contribution in [1.29, 1.82) is 0 Å². The van der Waals surface area contributed by atoms with Gasteiger partial charge in [-0.1, -0.05) is 12.8 Å². The molecule has 1 aliphatic carbocycles. The highest BCUT2D eigenvalue weighted by atomic mass is 15.1. The summed E-state index contributed by atoms with van der Waals surface area (Å²) in [4.78, 5) is 0. The van der Waals surface area contributed by atoms with Crippen LogP contribution in [0.15, 0.2) is 12.3 Å². The summed E-state index contributed by atoms with van der Waals surface area (Å²) in [6, 6.07) is 3.25. The standard InChI is InChI=1S/C11H20N4/c1-12-10-4-2-3-5-11(10)13-8-9-6-7-14-15-9/h6-7,10-13H,2-5,8H2,1H3,(H,14,15)/t10-,11-/m1/s1. The van der Waals surface area contributed by atoms with Gasteiger partial charge in [0.15, 0.2) is 0 Å². The molecule has 0 saturated heterocycles. The van der Waals surface area contributed by atoms with Crippen molar-refractivity contribution in [2.75, 3.05) is 7.05 Å². The Hall–Kier alpha value is -0.870. The highest BCUT2D eigenvalue weighted by Crippen LogP contribution is 2.18. The van der Waals surface area contributed by atoms with Gasteiger partial charge >= 0.3 is 0 Å². The van der Waals surface area contributed by atoms with Crippen LogP contribution in [-0.2, 0) is 6.54 Å². The van der Waals surface area contributed by atoms with Crippen molar-refractivity contribution in [1.82, 2.24) is 20.8 Å². The van der Waals surface area contributed by atoms with Gasteiger partial charge in [-0.2, -0.15) is 5.10 Å². The van der Waals surface area contributed by atoms with E-state index in [1.165, 1.54) is 25.7 Å². The fraction of sp³-hybridized carbons (Fsp3) is 0.727. The average Bonchev–Trinajstić information content (AvgIpc) is 2.79. The van der Waals surface area contributed by atoms with E-state index in [2.05, 4.69) is 27.9 Å². The fourth-order valence-electron chi connectivity index (χ4n) is 2.34. The molecule has 4 nitrogen and oxygen atoms in total. The Bertz CT molecular complexity index is 270. The average molecular weight is 208 g/mol. The van der Waals surface area contributed by atoms with Gasteiger partial charge < -0.3 is 10.6 Å². The molecule has 0 radical (unpaired) electrons. The number of nitrogens with zero attached hydrogens (tertiary/aromatic N) is 1. The van der Waals surface area contributed by atoms with Crippen LogP contribution in [0.1, 0.15) is 31.4 Å². The second-order valence-corrected chi connectivity index (χ2v) is 4.25. The summed E-state index contributed by atoms with van der Waals surface area (Å²) in [5.41, 5.74) is 1.16. The number of aromatic amines is 1. The zero-order valence-corrected chi connectivity index (χ0v) is 9.29.